The van der Waals surface area contributed by atoms with Crippen molar-refractivity contribution in [2.45, 2.75) is 213 Å². The van der Waals surface area contributed by atoms with Crippen LogP contribution in [0, 0.1) is 0 Å². The molecule has 0 aliphatic carbocycles. The first-order chi connectivity index (χ1) is 20.3. The molecule has 0 aromatic rings. The Bertz CT molecular complexity index is 411. The third kappa shape index (κ3) is 36.0. The third-order valence-corrected chi connectivity index (χ3v) is 8.73. The van der Waals surface area contributed by atoms with Crippen LogP contribution in [0.2, 0.25) is 0 Å². The summed E-state index contributed by atoms with van der Waals surface area (Å²) in [6.07, 6.45) is 42.3. The van der Waals surface area contributed by atoms with Crippen LogP contribution in [0.3, 0.4) is 0 Å². The number of unbranched alkanes of at least 4 members (excludes halogenated alkanes) is 25. The van der Waals surface area contributed by atoms with Crippen LogP contribution < -0.4 is 0 Å². The van der Waals surface area contributed by atoms with Crippen molar-refractivity contribution in [1.82, 2.24) is 0 Å². The van der Waals surface area contributed by atoms with E-state index in [9.17, 15) is 0 Å². The van der Waals surface area contributed by atoms with Gasteiger partial charge < -0.3 is 14.2 Å². The molecule has 248 valence electrons. The number of hydrogen-bond acceptors (Lipinski definition) is 3. The Morgan fingerprint density at radius 3 is 1.05 bits per heavy atom. The van der Waals surface area contributed by atoms with Crippen LogP contribution in [0.5, 0.6) is 0 Å². The van der Waals surface area contributed by atoms with Gasteiger partial charge in [0.05, 0.1) is 19.3 Å². The fourth-order valence-corrected chi connectivity index (χ4v) is 5.89. The van der Waals surface area contributed by atoms with Crippen molar-refractivity contribution in [3.8, 4) is 0 Å². The molecule has 41 heavy (non-hydrogen) atoms. The topological polar surface area (TPSA) is 27.7 Å². The van der Waals surface area contributed by atoms with Gasteiger partial charge in [-0.15, -0.1) is 0 Å². The lowest BCUT2D eigenvalue weighted by Gasteiger charge is -2.18. The highest BCUT2D eigenvalue weighted by atomic mass is 16.5. The maximum atomic E-state index is 6.40. The van der Waals surface area contributed by atoms with Crippen molar-refractivity contribution in [2.24, 2.45) is 0 Å². The number of rotatable bonds is 37. The van der Waals surface area contributed by atoms with E-state index in [1.54, 1.807) is 7.11 Å². The van der Waals surface area contributed by atoms with Gasteiger partial charge in [0.2, 0.25) is 0 Å². The van der Waals surface area contributed by atoms with E-state index in [0.29, 0.717) is 19.3 Å². The zero-order chi connectivity index (χ0) is 29.7. The van der Waals surface area contributed by atoms with Gasteiger partial charge in [-0.2, -0.15) is 0 Å². The molecule has 0 atom stereocenters. The molecule has 0 aromatic carbocycles. The Labute approximate surface area is 260 Å². The molecule has 0 aliphatic heterocycles. The average molecular weight is 583 g/mol. The van der Waals surface area contributed by atoms with Crippen molar-refractivity contribution in [3.63, 3.8) is 0 Å². The number of ether oxygens (including phenoxy) is 3. The fraction of sp³-hybridized carbons (Fsp3) is 1.00. The first-order valence-corrected chi connectivity index (χ1v) is 19.0. The monoisotopic (exact) mass is 583 g/mol. The van der Waals surface area contributed by atoms with Gasteiger partial charge in [-0.05, 0) is 25.7 Å². The van der Waals surface area contributed by atoms with Crippen molar-refractivity contribution in [1.29, 1.82) is 0 Å². The minimum atomic E-state index is 0.477. The van der Waals surface area contributed by atoms with E-state index in [0.717, 1.165) is 26.1 Å². The van der Waals surface area contributed by atoms with Gasteiger partial charge in [0.15, 0.2) is 0 Å². The first-order valence-electron chi connectivity index (χ1n) is 19.0. The van der Waals surface area contributed by atoms with E-state index in [1.807, 2.05) is 0 Å². The molecule has 3 heteroatoms. The molecule has 0 saturated carbocycles. The molecular formula is C38H78O3. The minimum Gasteiger partial charge on any atom is -0.382 e. The summed E-state index contributed by atoms with van der Waals surface area (Å²) in [6.45, 7) is 7.73. The second-order valence-electron chi connectivity index (χ2n) is 12.9. The average Bonchev–Trinajstić information content (AvgIpc) is 2.98. The summed E-state index contributed by atoms with van der Waals surface area (Å²) in [6, 6.07) is 0. The molecular weight excluding hydrogens is 504 g/mol. The standard InChI is InChI=1S/C38H78O3/c1-4-6-8-10-12-14-16-18-20-22-24-26-28-32-38(41-35-31-30-34-40-37-36-39-3)33-29-27-25-23-21-19-17-15-13-11-9-7-5-2/h38H,4-37H2,1-3H3. The lowest BCUT2D eigenvalue weighted by Crippen LogP contribution is -2.14. The zero-order valence-electron chi connectivity index (χ0n) is 28.8. The second kappa shape index (κ2) is 37.9. The largest absolute Gasteiger partial charge is 0.382 e. The van der Waals surface area contributed by atoms with Gasteiger partial charge in [-0.3, -0.25) is 0 Å². The van der Waals surface area contributed by atoms with E-state index in [1.165, 1.54) is 180 Å². The molecule has 0 bridgehead atoms. The quantitative estimate of drug-likeness (QED) is 0.0682. The summed E-state index contributed by atoms with van der Waals surface area (Å²) in [7, 11) is 1.73. The van der Waals surface area contributed by atoms with Gasteiger partial charge in [0.1, 0.15) is 0 Å². The van der Waals surface area contributed by atoms with E-state index in [2.05, 4.69) is 13.8 Å². The van der Waals surface area contributed by atoms with Crippen LogP contribution in [0.15, 0.2) is 0 Å². The normalized spacial score (nSPS) is 11.7. The second-order valence-corrected chi connectivity index (χ2v) is 12.9. The minimum absolute atomic E-state index is 0.477. The Balaban J connectivity index is 3.83. The van der Waals surface area contributed by atoms with Crippen LogP contribution in [0.4, 0.5) is 0 Å². The summed E-state index contributed by atoms with van der Waals surface area (Å²) in [5.74, 6) is 0. The highest BCUT2D eigenvalue weighted by molar-refractivity contribution is 4.61. The molecule has 0 aliphatic rings. The summed E-state index contributed by atoms with van der Waals surface area (Å²) < 4.78 is 17.1. The van der Waals surface area contributed by atoms with Gasteiger partial charge in [0.25, 0.3) is 0 Å². The van der Waals surface area contributed by atoms with Crippen molar-refractivity contribution in [3.05, 3.63) is 0 Å². The highest BCUT2D eigenvalue weighted by Crippen LogP contribution is 2.19. The molecule has 0 heterocycles. The SMILES string of the molecule is CCCCCCCCCCCCCCCC(CCCCCCCCCCCCCCC)OCCCCOCCOC. The van der Waals surface area contributed by atoms with Gasteiger partial charge >= 0.3 is 0 Å². The molecule has 0 N–H and O–H groups in total. The van der Waals surface area contributed by atoms with Crippen molar-refractivity contribution < 1.29 is 14.2 Å². The maximum Gasteiger partial charge on any atom is 0.0700 e. The van der Waals surface area contributed by atoms with Gasteiger partial charge in [-0.25, -0.2) is 0 Å². The Kier molecular flexibility index (Phi) is 37.8. The smallest absolute Gasteiger partial charge is 0.0700 e. The Hall–Kier alpha value is -0.120. The summed E-state index contributed by atoms with van der Waals surface area (Å²) in [5.41, 5.74) is 0. The molecule has 0 rings (SSSR count). The van der Waals surface area contributed by atoms with Crippen LogP contribution in [0.1, 0.15) is 206 Å². The molecule has 0 amide bonds. The summed E-state index contributed by atoms with van der Waals surface area (Å²) in [5, 5.41) is 0. The molecule has 0 radical (unpaired) electrons. The fourth-order valence-electron chi connectivity index (χ4n) is 5.89. The predicted octanol–water partition coefficient (Wildman–Crippen LogP) is 12.8. The molecule has 0 spiro atoms. The Morgan fingerprint density at radius 2 is 0.683 bits per heavy atom. The Morgan fingerprint density at radius 1 is 0.341 bits per heavy atom. The molecule has 0 aromatic heterocycles. The molecule has 0 unspecified atom stereocenters. The van der Waals surface area contributed by atoms with Crippen LogP contribution in [-0.2, 0) is 14.2 Å². The van der Waals surface area contributed by atoms with E-state index in [-0.39, 0.29) is 0 Å². The van der Waals surface area contributed by atoms with Gasteiger partial charge in [0, 0.05) is 20.3 Å². The number of methoxy groups -OCH3 is 1. The van der Waals surface area contributed by atoms with Gasteiger partial charge in [-0.1, -0.05) is 181 Å². The maximum absolute atomic E-state index is 6.40. The first kappa shape index (κ1) is 40.9. The highest BCUT2D eigenvalue weighted by Gasteiger charge is 2.09. The van der Waals surface area contributed by atoms with Crippen molar-refractivity contribution >= 4 is 0 Å². The van der Waals surface area contributed by atoms with Crippen LogP contribution in [-0.4, -0.2) is 39.6 Å². The lowest BCUT2D eigenvalue weighted by molar-refractivity contribution is 0.0280. The van der Waals surface area contributed by atoms with Crippen LogP contribution >= 0.6 is 0 Å². The van der Waals surface area contributed by atoms with Crippen LogP contribution in [0.25, 0.3) is 0 Å². The molecule has 0 fully saturated rings. The lowest BCUT2D eigenvalue weighted by atomic mass is 10.0. The predicted molar refractivity (Wildman–Crippen MR) is 182 cm³/mol. The summed E-state index contributed by atoms with van der Waals surface area (Å²) >= 11 is 0. The molecule has 0 saturated heterocycles. The van der Waals surface area contributed by atoms with E-state index >= 15 is 0 Å². The third-order valence-electron chi connectivity index (χ3n) is 8.73. The summed E-state index contributed by atoms with van der Waals surface area (Å²) in [4.78, 5) is 0. The van der Waals surface area contributed by atoms with E-state index < -0.39 is 0 Å². The van der Waals surface area contributed by atoms with E-state index in [4.69, 9.17) is 14.2 Å². The van der Waals surface area contributed by atoms with Crippen molar-refractivity contribution in [2.75, 3.05) is 33.5 Å². The molecule has 3 nitrogen and oxygen atoms in total. The zero-order valence-corrected chi connectivity index (χ0v) is 28.8. The number of hydrogen-bond donors (Lipinski definition) is 0.